The van der Waals surface area contributed by atoms with Crippen molar-refractivity contribution < 1.29 is 9.53 Å². The van der Waals surface area contributed by atoms with Crippen LogP contribution in [0.4, 0.5) is 4.79 Å². The first-order valence-electron chi connectivity index (χ1n) is 6.69. The van der Waals surface area contributed by atoms with Gasteiger partial charge >= 0.3 is 6.09 Å². The van der Waals surface area contributed by atoms with Gasteiger partial charge in [0.15, 0.2) is 0 Å². The van der Waals surface area contributed by atoms with Crippen LogP contribution in [0.15, 0.2) is 27.1 Å². The van der Waals surface area contributed by atoms with Crippen molar-refractivity contribution in [2.24, 2.45) is 0 Å². The lowest BCUT2D eigenvalue weighted by Crippen LogP contribution is -2.37. The number of benzene rings is 1. The molecule has 1 aromatic rings. The van der Waals surface area contributed by atoms with Crippen LogP contribution in [-0.4, -0.2) is 22.6 Å². The van der Waals surface area contributed by atoms with Gasteiger partial charge in [0.05, 0.1) is 0 Å². The van der Waals surface area contributed by atoms with Crippen LogP contribution in [0.3, 0.4) is 0 Å². The summed E-state index contributed by atoms with van der Waals surface area (Å²) < 4.78 is 7.50. The lowest BCUT2D eigenvalue weighted by molar-refractivity contribution is 0.0216. The summed E-state index contributed by atoms with van der Waals surface area (Å²) in [5, 5.41) is 0. The van der Waals surface area contributed by atoms with E-state index in [0.29, 0.717) is 12.6 Å². The minimum atomic E-state index is -0.456. The van der Waals surface area contributed by atoms with Crippen molar-refractivity contribution in [1.29, 1.82) is 0 Å². The molecule has 1 aliphatic rings. The SMILES string of the molecule is CC(C)(C)OC(=O)N(Cc1cc(Br)cc(Br)c1)C1CC1. The fourth-order valence-corrected chi connectivity index (χ4v) is 3.34. The molecule has 3 nitrogen and oxygen atoms in total. The molecule has 0 aliphatic heterocycles. The van der Waals surface area contributed by atoms with Crippen molar-refractivity contribution in [3.05, 3.63) is 32.7 Å². The monoisotopic (exact) mass is 403 g/mol. The van der Waals surface area contributed by atoms with Crippen molar-refractivity contribution in [2.75, 3.05) is 0 Å². The number of nitrogens with zero attached hydrogens (tertiary/aromatic N) is 1. The zero-order valence-corrected chi connectivity index (χ0v) is 15.1. The summed E-state index contributed by atoms with van der Waals surface area (Å²) in [4.78, 5) is 14.1. The molecule has 0 N–H and O–H groups in total. The molecule has 1 fully saturated rings. The molecule has 1 amide bonds. The van der Waals surface area contributed by atoms with E-state index in [2.05, 4.69) is 31.9 Å². The third-order valence-corrected chi connectivity index (χ3v) is 3.81. The van der Waals surface area contributed by atoms with Crippen LogP contribution in [0.1, 0.15) is 39.2 Å². The van der Waals surface area contributed by atoms with E-state index >= 15 is 0 Å². The summed E-state index contributed by atoms with van der Waals surface area (Å²) in [7, 11) is 0. The molecule has 110 valence electrons. The van der Waals surface area contributed by atoms with Crippen LogP contribution in [0.2, 0.25) is 0 Å². The van der Waals surface area contributed by atoms with E-state index in [1.807, 2.05) is 43.9 Å². The topological polar surface area (TPSA) is 29.5 Å². The highest BCUT2D eigenvalue weighted by molar-refractivity contribution is 9.11. The number of rotatable bonds is 3. The average Bonchev–Trinajstić information content (AvgIpc) is 3.05. The number of carbonyl (C=O) groups is 1. The van der Waals surface area contributed by atoms with E-state index in [-0.39, 0.29) is 6.09 Å². The standard InChI is InChI=1S/C15H19Br2NO2/c1-15(2,3)20-14(19)18(13-4-5-13)9-10-6-11(16)8-12(17)7-10/h6-8,13H,4-5,9H2,1-3H3. The molecule has 1 aliphatic carbocycles. The Balaban J connectivity index is 2.11. The molecule has 2 rings (SSSR count). The maximum absolute atomic E-state index is 12.3. The van der Waals surface area contributed by atoms with Crippen LogP contribution in [-0.2, 0) is 11.3 Å². The second-order valence-corrected chi connectivity index (χ2v) is 7.95. The van der Waals surface area contributed by atoms with E-state index in [1.54, 1.807) is 0 Å². The van der Waals surface area contributed by atoms with Crippen LogP contribution in [0, 0.1) is 0 Å². The summed E-state index contributed by atoms with van der Waals surface area (Å²) in [6.45, 7) is 6.26. The van der Waals surface area contributed by atoms with Gasteiger partial charge in [-0.05, 0) is 57.4 Å². The smallest absolute Gasteiger partial charge is 0.410 e. The molecular weight excluding hydrogens is 386 g/mol. The lowest BCUT2D eigenvalue weighted by Gasteiger charge is -2.27. The Morgan fingerprint density at radius 3 is 2.25 bits per heavy atom. The Labute approximate surface area is 136 Å². The molecule has 0 bridgehead atoms. The van der Waals surface area contributed by atoms with Crippen LogP contribution in [0.5, 0.6) is 0 Å². The highest BCUT2D eigenvalue weighted by Crippen LogP contribution is 2.31. The molecule has 0 spiro atoms. The third-order valence-electron chi connectivity index (χ3n) is 2.89. The molecule has 0 saturated heterocycles. The number of hydrogen-bond donors (Lipinski definition) is 0. The van der Waals surface area contributed by atoms with E-state index in [0.717, 1.165) is 27.4 Å². The van der Waals surface area contributed by atoms with Crippen molar-refractivity contribution in [1.82, 2.24) is 4.90 Å². The van der Waals surface area contributed by atoms with Crippen LogP contribution >= 0.6 is 31.9 Å². The van der Waals surface area contributed by atoms with Crippen molar-refractivity contribution in [3.63, 3.8) is 0 Å². The molecular formula is C15H19Br2NO2. The second-order valence-electron chi connectivity index (χ2n) is 6.12. The Morgan fingerprint density at radius 2 is 1.80 bits per heavy atom. The summed E-state index contributed by atoms with van der Waals surface area (Å²) in [5.74, 6) is 0. The Hall–Kier alpha value is -0.550. The quantitative estimate of drug-likeness (QED) is 0.700. The maximum atomic E-state index is 12.3. The second kappa shape index (κ2) is 6.06. The molecule has 20 heavy (non-hydrogen) atoms. The summed E-state index contributed by atoms with van der Waals surface area (Å²) in [5.41, 5.74) is 0.631. The maximum Gasteiger partial charge on any atom is 0.410 e. The minimum absolute atomic E-state index is 0.226. The summed E-state index contributed by atoms with van der Waals surface area (Å²) >= 11 is 6.95. The van der Waals surface area contributed by atoms with E-state index in [9.17, 15) is 4.79 Å². The minimum Gasteiger partial charge on any atom is -0.444 e. The molecule has 1 aromatic carbocycles. The van der Waals surface area contributed by atoms with Crippen molar-refractivity contribution in [2.45, 2.75) is 51.8 Å². The zero-order chi connectivity index (χ0) is 14.9. The number of ether oxygens (including phenoxy) is 1. The van der Waals surface area contributed by atoms with E-state index < -0.39 is 5.60 Å². The van der Waals surface area contributed by atoms with E-state index in [4.69, 9.17) is 4.74 Å². The van der Waals surface area contributed by atoms with Gasteiger partial charge in [-0.3, -0.25) is 0 Å². The number of amides is 1. The number of carbonyl (C=O) groups excluding carboxylic acids is 1. The fraction of sp³-hybridized carbons (Fsp3) is 0.533. The Kier molecular flexibility index (Phi) is 4.80. The van der Waals surface area contributed by atoms with Gasteiger partial charge in [-0.1, -0.05) is 31.9 Å². The Morgan fingerprint density at radius 1 is 1.25 bits per heavy atom. The highest BCUT2D eigenvalue weighted by atomic mass is 79.9. The molecule has 5 heteroatoms. The van der Waals surface area contributed by atoms with Crippen molar-refractivity contribution in [3.8, 4) is 0 Å². The summed E-state index contributed by atoms with van der Waals surface area (Å²) in [6.07, 6.45) is 1.90. The first-order chi connectivity index (χ1) is 9.24. The Bertz CT molecular complexity index is 487. The van der Waals surface area contributed by atoms with Gasteiger partial charge in [0, 0.05) is 21.5 Å². The molecule has 0 radical (unpaired) electrons. The average molecular weight is 405 g/mol. The number of hydrogen-bond acceptors (Lipinski definition) is 2. The highest BCUT2D eigenvalue weighted by Gasteiger charge is 2.35. The van der Waals surface area contributed by atoms with E-state index in [1.165, 1.54) is 0 Å². The first kappa shape index (κ1) is 15.8. The molecule has 1 saturated carbocycles. The van der Waals surface area contributed by atoms with Crippen LogP contribution in [0.25, 0.3) is 0 Å². The molecule has 0 aromatic heterocycles. The van der Waals surface area contributed by atoms with Crippen LogP contribution < -0.4 is 0 Å². The van der Waals surface area contributed by atoms with Gasteiger partial charge in [0.2, 0.25) is 0 Å². The third kappa shape index (κ3) is 4.77. The molecule has 0 heterocycles. The zero-order valence-electron chi connectivity index (χ0n) is 12.0. The van der Waals surface area contributed by atoms with Gasteiger partial charge < -0.3 is 9.64 Å². The first-order valence-corrected chi connectivity index (χ1v) is 8.28. The van der Waals surface area contributed by atoms with Gasteiger partial charge in [0.25, 0.3) is 0 Å². The lowest BCUT2D eigenvalue weighted by atomic mass is 10.2. The molecule has 0 atom stereocenters. The number of halogens is 2. The largest absolute Gasteiger partial charge is 0.444 e. The normalized spacial score (nSPS) is 15.1. The fourth-order valence-electron chi connectivity index (χ4n) is 1.95. The molecule has 0 unspecified atom stereocenters. The predicted octanol–water partition coefficient (Wildman–Crippen LogP) is 5.11. The van der Waals surface area contributed by atoms with Gasteiger partial charge in [-0.25, -0.2) is 4.79 Å². The summed E-state index contributed by atoms with van der Waals surface area (Å²) in [6, 6.07) is 6.37. The van der Waals surface area contributed by atoms with Gasteiger partial charge in [-0.2, -0.15) is 0 Å². The van der Waals surface area contributed by atoms with Crippen molar-refractivity contribution >= 4 is 38.0 Å². The van der Waals surface area contributed by atoms with Gasteiger partial charge in [-0.15, -0.1) is 0 Å². The predicted molar refractivity (Wildman–Crippen MR) is 86.6 cm³/mol. The van der Waals surface area contributed by atoms with Gasteiger partial charge in [0.1, 0.15) is 5.60 Å².